The molecule has 1 heterocycles. The molecule has 1 aromatic rings. The van der Waals surface area contributed by atoms with E-state index in [0.717, 1.165) is 19.6 Å². The molecule has 0 saturated carbocycles. The third-order valence-corrected chi connectivity index (χ3v) is 3.30. The lowest BCUT2D eigenvalue weighted by atomic mass is 10.1. The van der Waals surface area contributed by atoms with Crippen molar-refractivity contribution in [3.63, 3.8) is 0 Å². The maximum absolute atomic E-state index is 3.51. The van der Waals surface area contributed by atoms with Gasteiger partial charge < -0.3 is 10.6 Å². The standard InChI is InChI=1S/C10H13IN2.ClH/c11-9-4-2-1-3-8(9)10-7-12-5-6-13-10;/h1-4,10,12-13H,5-7H2;1H/t10-;/m1./s1. The summed E-state index contributed by atoms with van der Waals surface area (Å²) in [5.74, 6) is 0. The maximum atomic E-state index is 3.51. The van der Waals surface area contributed by atoms with Crippen LogP contribution in [0.5, 0.6) is 0 Å². The summed E-state index contributed by atoms with van der Waals surface area (Å²) in [4.78, 5) is 0. The third kappa shape index (κ3) is 2.82. The number of benzene rings is 1. The Labute approximate surface area is 104 Å². The second-order valence-electron chi connectivity index (χ2n) is 3.23. The van der Waals surface area contributed by atoms with Crippen molar-refractivity contribution in [3.05, 3.63) is 33.4 Å². The van der Waals surface area contributed by atoms with Crippen LogP contribution < -0.4 is 10.6 Å². The Morgan fingerprint density at radius 3 is 2.64 bits per heavy atom. The van der Waals surface area contributed by atoms with Crippen molar-refractivity contribution in [3.8, 4) is 0 Å². The lowest BCUT2D eigenvalue weighted by Crippen LogP contribution is -2.42. The maximum Gasteiger partial charge on any atom is 0.0457 e. The lowest BCUT2D eigenvalue weighted by Gasteiger charge is -2.25. The Balaban J connectivity index is 0.000000980. The van der Waals surface area contributed by atoms with Crippen LogP contribution in [0.2, 0.25) is 0 Å². The minimum absolute atomic E-state index is 0. The summed E-state index contributed by atoms with van der Waals surface area (Å²) >= 11 is 2.39. The van der Waals surface area contributed by atoms with E-state index >= 15 is 0 Å². The number of rotatable bonds is 1. The van der Waals surface area contributed by atoms with Gasteiger partial charge in [-0.3, -0.25) is 0 Å². The molecule has 1 fully saturated rings. The fraction of sp³-hybridized carbons (Fsp3) is 0.400. The van der Waals surface area contributed by atoms with Crippen molar-refractivity contribution in [2.45, 2.75) is 6.04 Å². The molecular weight excluding hydrogens is 310 g/mol. The average Bonchev–Trinajstić information content (AvgIpc) is 2.20. The normalized spacial score (nSPS) is 21.4. The summed E-state index contributed by atoms with van der Waals surface area (Å²) in [6.45, 7) is 3.19. The van der Waals surface area contributed by atoms with E-state index in [1.807, 2.05) is 0 Å². The van der Waals surface area contributed by atoms with E-state index in [9.17, 15) is 0 Å². The minimum atomic E-state index is 0. The first-order chi connectivity index (χ1) is 6.38. The molecule has 0 amide bonds. The fourth-order valence-corrected chi connectivity index (χ4v) is 2.39. The van der Waals surface area contributed by atoms with E-state index in [1.165, 1.54) is 9.13 Å². The van der Waals surface area contributed by atoms with Gasteiger partial charge in [-0.2, -0.15) is 0 Å². The molecule has 1 atom stereocenters. The third-order valence-electron chi connectivity index (χ3n) is 2.32. The first-order valence-electron chi connectivity index (χ1n) is 4.56. The van der Waals surface area contributed by atoms with E-state index in [1.54, 1.807) is 0 Å². The van der Waals surface area contributed by atoms with Crippen LogP contribution in [-0.4, -0.2) is 19.6 Å². The van der Waals surface area contributed by atoms with E-state index < -0.39 is 0 Å². The van der Waals surface area contributed by atoms with Crippen molar-refractivity contribution in [1.29, 1.82) is 0 Å². The number of nitrogens with one attached hydrogen (secondary N) is 2. The summed E-state index contributed by atoms with van der Waals surface area (Å²) in [6, 6.07) is 9.04. The summed E-state index contributed by atoms with van der Waals surface area (Å²) in [5.41, 5.74) is 1.41. The molecule has 0 spiro atoms. The lowest BCUT2D eigenvalue weighted by molar-refractivity contribution is 0.429. The highest BCUT2D eigenvalue weighted by molar-refractivity contribution is 14.1. The molecule has 14 heavy (non-hydrogen) atoms. The number of halogens is 2. The molecule has 1 saturated heterocycles. The second kappa shape index (κ2) is 5.90. The first kappa shape index (κ1) is 12.2. The van der Waals surface area contributed by atoms with Crippen molar-refractivity contribution < 1.29 is 0 Å². The van der Waals surface area contributed by atoms with Crippen LogP contribution in [0.25, 0.3) is 0 Å². The zero-order valence-electron chi connectivity index (χ0n) is 7.79. The smallest absolute Gasteiger partial charge is 0.0457 e. The number of hydrogen-bond acceptors (Lipinski definition) is 2. The van der Waals surface area contributed by atoms with E-state index in [4.69, 9.17) is 0 Å². The SMILES string of the molecule is Cl.Ic1ccccc1[C@H]1CNCCN1. The molecule has 0 bridgehead atoms. The van der Waals surface area contributed by atoms with Gasteiger partial charge in [0.1, 0.15) is 0 Å². The van der Waals surface area contributed by atoms with Gasteiger partial charge in [-0.25, -0.2) is 0 Å². The van der Waals surface area contributed by atoms with Gasteiger partial charge in [-0.05, 0) is 34.2 Å². The van der Waals surface area contributed by atoms with Crippen LogP contribution in [0, 0.1) is 3.57 Å². The van der Waals surface area contributed by atoms with Gasteiger partial charge in [-0.15, -0.1) is 12.4 Å². The van der Waals surface area contributed by atoms with Gasteiger partial charge in [0.2, 0.25) is 0 Å². The molecule has 0 unspecified atom stereocenters. The summed E-state index contributed by atoms with van der Waals surface area (Å²) in [6.07, 6.45) is 0. The van der Waals surface area contributed by atoms with Crippen LogP contribution in [0.15, 0.2) is 24.3 Å². The van der Waals surface area contributed by atoms with Crippen molar-refractivity contribution in [1.82, 2.24) is 10.6 Å². The zero-order chi connectivity index (χ0) is 9.10. The Kier molecular flexibility index (Phi) is 5.15. The van der Waals surface area contributed by atoms with Gasteiger partial charge in [0.15, 0.2) is 0 Å². The molecule has 78 valence electrons. The van der Waals surface area contributed by atoms with Gasteiger partial charge in [-0.1, -0.05) is 18.2 Å². The van der Waals surface area contributed by atoms with E-state index in [0.29, 0.717) is 6.04 Å². The molecular formula is C10H14ClIN2. The van der Waals surface area contributed by atoms with E-state index in [-0.39, 0.29) is 12.4 Å². The zero-order valence-corrected chi connectivity index (χ0v) is 10.8. The second-order valence-corrected chi connectivity index (χ2v) is 4.39. The van der Waals surface area contributed by atoms with Crippen LogP contribution in [-0.2, 0) is 0 Å². The van der Waals surface area contributed by atoms with Crippen LogP contribution in [0.3, 0.4) is 0 Å². The van der Waals surface area contributed by atoms with Gasteiger partial charge in [0.05, 0.1) is 0 Å². The van der Waals surface area contributed by atoms with Crippen molar-refractivity contribution >= 4 is 35.0 Å². The average molecular weight is 325 g/mol. The largest absolute Gasteiger partial charge is 0.314 e. The highest BCUT2D eigenvalue weighted by atomic mass is 127. The number of piperazine rings is 1. The highest BCUT2D eigenvalue weighted by Gasteiger charge is 2.15. The topological polar surface area (TPSA) is 24.1 Å². The van der Waals surface area contributed by atoms with Gasteiger partial charge in [0.25, 0.3) is 0 Å². The minimum Gasteiger partial charge on any atom is -0.314 e. The Bertz CT molecular complexity index is 287. The Morgan fingerprint density at radius 2 is 2.00 bits per heavy atom. The van der Waals surface area contributed by atoms with Crippen molar-refractivity contribution in [2.75, 3.05) is 19.6 Å². The number of hydrogen-bond donors (Lipinski definition) is 2. The molecule has 2 N–H and O–H groups in total. The summed E-state index contributed by atoms with van der Waals surface area (Å²) < 4.78 is 1.35. The Morgan fingerprint density at radius 1 is 1.21 bits per heavy atom. The predicted octanol–water partition coefficient (Wildman–Crippen LogP) is 1.95. The monoisotopic (exact) mass is 324 g/mol. The van der Waals surface area contributed by atoms with E-state index in [2.05, 4.69) is 57.5 Å². The molecule has 2 rings (SSSR count). The first-order valence-corrected chi connectivity index (χ1v) is 5.64. The highest BCUT2D eigenvalue weighted by Crippen LogP contribution is 2.19. The molecule has 1 aliphatic rings. The van der Waals surface area contributed by atoms with Crippen LogP contribution in [0.4, 0.5) is 0 Å². The quantitative estimate of drug-likeness (QED) is 0.772. The molecule has 1 aromatic carbocycles. The van der Waals surface area contributed by atoms with Gasteiger partial charge in [0, 0.05) is 29.2 Å². The van der Waals surface area contributed by atoms with Crippen LogP contribution in [0.1, 0.15) is 11.6 Å². The molecule has 4 heteroatoms. The summed E-state index contributed by atoms with van der Waals surface area (Å²) in [7, 11) is 0. The van der Waals surface area contributed by atoms with Gasteiger partial charge >= 0.3 is 0 Å². The van der Waals surface area contributed by atoms with Crippen LogP contribution >= 0.6 is 35.0 Å². The summed E-state index contributed by atoms with van der Waals surface area (Å²) in [5, 5.41) is 6.90. The molecule has 0 aliphatic carbocycles. The Hall–Kier alpha value is 0.160. The molecule has 2 nitrogen and oxygen atoms in total. The van der Waals surface area contributed by atoms with Crippen molar-refractivity contribution in [2.24, 2.45) is 0 Å². The molecule has 0 aromatic heterocycles. The fourth-order valence-electron chi connectivity index (χ4n) is 1.63. The molecule has 1 aliphatic heterocycles. The molecule has 0 radical (unpaired) electrons. The predicted molar refractivity (Wildman–Crippen MR) is 70.0 cm³/mol.